The van der Waals surface area contributed by atoms with Crippen molar-refractivity contribution in [2.75, 3.05) is 18.4 Å². The van der Waals surface area contributed by atoms with Crippen molar-refractivity contribution in [3.05, 3.63) is 5.01 Å². The van der Waals surface area contributed by atoms with Gasteiger partial charge in [0.25, 0.3) is 0 Å². The van der Waals surface area contributed by atoms with E-state index < -0.39 is 23.8 Å². The van der Waals surface area contributed by atoms with E-state index in [4.69, 9.17) is 5.11 Å². The zero-order chi connectivity index (χ0) is 18.6. The van der Waals surface area contributed by atoms with Gasteiger partial charge in [-0.3, -0.25) is 9.59 Å². The Labute approximate surface area is 149 Å². The Bertz CT molecular complexity index is 650. The molecule has 0 radical (unpaired) electrons. The Morgan fingerprint density at radius 2 is 2.08 bits per heavy atom. The molecule has 1 aromatic rings. The molecule has 0 spiro atoms. The summed E-state index contributed by atoms with van der Waals surface area (Å²) in [6, 6.07) is -0.755. The second kappa shape index (κ2) is 8.24. The van der Waals surface area contributed by atoms with Gasteiger partial charge in [-0.05, 0) is 19.8 Å². The fourth-order valence-corrected chi connectivity index (χ4v) is 3.13. The fraction of sp³-hybridized carbons (Fsp3) is 0.667. The molecule has 0 aromatic carbocycles. The van der Waals surface area contributed by atoms with Crippen molar-refractivity contribution < 1.29 is 19.5 Å². The second-order valence-electron chi connectivity index (χ2n) is 6.14. The summed E-state index contributed by atoms with van der Waals surface area (Å²) < 4.78 is 0. The van der Waals surface area contributed by atoms with Crippen LogP contribution in [0.5, 0.6) is 0 Å². The second-order valence-corrected chi connectivity index (χ2v) is 7.20. The van der Waals surface area contributed by atoms with Crippen molar-refractivity contribution in [2.24, 2.45) is 11.8 Å². The third kappa shape index (κ3) is 4.88. The molecule has 1 fully saturated rings. The highest BCUT2D eigenvalue weighted by Gasteiger charge is 2.32. The first-order chi connectivity index (χ1) is 11.8. The van der Waals surface area contributed by atoms with E-state index in [0.717, 1.165) is 11.4 Å². The molecular weight excluding hydrogens is 346 g/mol. The number of aliphatic carboxylic acids is 1. The summed E-state index contributed by atoms with van der Waals surface area (Å²) in [4.78, 5) is 36.9. The third-order valence-corrected chi connectivity index (χ3v) is 5.32. The lowest BCUT2D eigenvalue weighted by atomic mass is 10.0. The molecule has 3 unspecified atom stereocenters. The van der Waals surface area contributed by atoms with E-state index in [1.54, 1.807) is 13.8 Å². The quantitative estimate of drug-likeness (QED) is 0.691. The number of aryl methyl sites for hydroxylation is 1. The minimum Gasteiger partial charge on any atom is -0.481 e. The number of nitrogens with zero attached hydrogens (tertiary/aromatic N) is 3. The van der Waals surface area contributed by atoms with E-state index in [1.165, 1.54) is 16.2 Å². The zero-order valence-corrected chi connectivity index (χ0v) is 15.3. The van der Waals surface area contributed by atoms with Gasteiger partial charge in [0.05, 0.1) is 11.8 Å². The molecule has 3 amide bonds. The van der Waals surface area contributed by atoms with Crippen LogP contribution < -0.4 is 10.6 Å². The lowest BCUT2D eigenvalue weighted by Crippen LogP contribution is -2.47. The van der Waals surface area contributed by atoms with E-state index in [2.05, 4.69) is 20.8 Å². The first-order valence-corrected chi connectivity index (χ1v) is 9.05. The molecule has 2 heterocycles. The lowest BCUT2D eigenvalue weighted by molar-refractivity contribution is -0.141. The van der Waals surface area contributed by atoms with Crippen LogP contribution in [0.2, 0.25) is 0 Å². The summed E-state index contributed by atoms with van der Waals surface area (Å²) in [6.07, 6.45) is 1.20. The third-order valence-electron chi connectivity index (χ3n) is 4.34. The number of carbonyl (C=O) groups excluding carboxylic acids is 2. The molecule has 25 heavy (non-hydrogen) atoms. The van der Waals surface area contributed by atoms with Crippen LogP contribution in [-0.4, -0.2) is 57.2 Å². The SMILES string of the molecule is CCc1nnc(NC(=O)C(C)C(C)NC(=O)N2CCC(C(=O)O)C2)s1. The van der Waals surface area contributed by atoms with Crippen LogP contribution in [0.3, 0.4) is 0 Å². The summed E-state index contributed by atoms with van der Waals surface area (Å²) in [5, 5.41) is 23.6. The lowest BCUT2D eigenvalue weighted by Gasteiger charge is -2.24. The van der Waals surface area contributed by atoms with Crippen LogP contribution in [0, 0.1) is 11.8 Å². The fourth-order valence-electron chi connectivity index (χ4n) is 2.45. The van der Waals surface area contributed by atoms with Gasteiger partial charge in [0, 0.05) is 19.1 Å². The minimum atomic E-state index is -0.889. The van der Waals surface area contributed by atoms with Gasteiger partial charge in [-0.25, -0.2) is 4.79 Å². The molecule has 1 aromatic heterocycles. The highest BCUT2D eigenvalue weighted by molar-refractivity contribution is 7.15. The van der Waals surface area contributed by atoms with Crippen molar-refractivity contribution >= 4 is 34.4 Å². The van der Waals surface area contributed by atoms with Gasteiger partial charge < -0.3 is 20.6 Å². The first-order valence-electron chi connectivity index (χ1n) is 8.23. The topological polar surface area (TPSA) is 125 Å². The van der Waals surface area contributed by atoms with E-state index in [1.807, 2.05) is 6.92 Å². The number of rotatable bonds is 6. The number of hydrogen-bond donors (Lipinski definition) is 3. The largest absolute Gasteiger partial charge is 0.481 e. The highest BCUT2D eigenvalue weighted by Crippen LogP contribution is 2.18. The first kappa shape index (κ1) is 19.1. The summed E-state index contributed by atoms with van der Waals surface area (Å²) in [5.74, 6) is -2.14. The zero-order valence-electron chi connectivity index (χ0n) is 14.5. The van der Waals surface area contributed by atoms with Crippen LogP contribution in [0.1, 0.15) is 32.2 Å². The van der Waals surface area contributed by atoms with Gasteiger partial charge >= 0.3 is 12.0 Å². The Kier molecular flexibility index (Phi) is 6.29. The molecular formula is C15H23N5O4S. The van der Waals surface area contributed by atoms with Crippen molar-refractivity contribution in [1.82, 2.24) is 20.4 Å². The maximum absolute atomic E-state index is 12.3. The van der Waals surface area contributed by atoms with E-state index >= 15 is 0 Å². The van der Waals surface area contributed by atoms with Crippen LogP contribution in [0.15, 0.2) is 0 Å². The number of carbonyl (C=O) groups is 3. The number of urea groups is 1. The standard InChI is InChI=1S/C15H23N5O4S/c1-4-11-18-19-14(25-11)17-12(21)8(2)9(3)16-15(24)20-6-5-10(7-20)13(22)23/h8-10H,4-7H2,1-3H3,(H,16,24)(H,22,23)(H,17,19,21). The van der Waals surface area contributed by atoms with Crippen molar-refractivity contribution in [1.29, 1.82) is 0 Å². The number of hydrogen-bond acceptors (Lipinski definition) is 6. The smallest absolute Gasteiger partial charge is 0.317 e. The normalized spacial score (nSPS) is 19.3. The van der Waals surface area contributed by atoms with Gasteiger partial charge in [0.15, 0.2) is 0 Å². The summed E-state index contributed by atoms with van der Waals surface area (Å²) in [5.41, 5.74) is 0. The molecule has 10 heteroatoms. The van der Waals surface area contributed by atoms with Crippen LogP contribution in [-0.2, 0) is 16.0 Å². The molecule has 3 atom stereocenters. The summed E-state index contributed by atoms with van der Waals surface area (Å²) in [7, 11) is 0. The number of aromatic nitrogens is 2. The van der Waals surface area contributed by atoms with Crippen LogP contribution >= 0.6 is 11.3 Å². The van der Waals surface area contributed by atoms with Crippen LogP contribution in [0.4, 0.5) is 9.93 Å². The van der Waals surface area contributed by atoms with E-state index in [-0.39, 0.29) is 18.5 Å². The van der Waals surface area contributed by atoms with E-state index in [0.29, 0.717) is 18.1 Å². The number of nitrogens with one attached hydrogen (secondary N) is 2. The van der Waals surface area contributed by atoms with Crippen molar-refractivity contribution in [2.45, 2.75) is 39.7 Å². The maximum atomic E-state index is 12.3. The van der Waals surface area contributed by atoms with Crippen molar-refractivity contribution in [3.63, 3.8) is 0 Å². The average molecular weight is 369 g/mol. The Morgan fingerprint density at radius 3 is 2.64 bits per heavy atom. The molecule has 9 nitrogen and oxygen atoms in total. The molecule has 0 bridgehead atoms. The van der Waals surface area contributed by atoms with E-state index in [9.17, 15) is 14.4 Å². The number of anilines is 1. The highest BCUT2D eigenvalue weighted by atomic mass is 32.1. The Morgan fingerprint density at radius 1 is 1.36 bits per heavy atom. The molecule has 138 valence electrons. The summed E-state index contributed by atoms with van der Waals surface area (Å²) in [6.45, 7) is 6.01. The minimum absolute atomic E-state index is 0.193. The summed E-state index contributed by atoms with van der Waals surface area (Å²) >= 11 is 1.32. The Balaban J connectivity index is 1.84. The van der Waals surface area contributed by atoms with Gasteiger partial charge in [0.2, 0.25) is 11.0 Å². The van der Waals surface area contributed by atoms with Crippen LogP contribution in [0.25, 0.3) is 0 Å². The van der Waals surface area contributed by atoms with Crippen molar-refractivity contribution in [3.8, 4) is 0 Å². The maximum Gasteiger partial charge on any atom is 0.317 e. The average Bonchev–Trinajstić information content (AvgIpc) is 3.23. The number of amides is 3. The monoisotopic (exact) mass is 369 g/mol. The Hall–Kier alpha value is -2.23. The molecule has 1 saturated heterocycles. The molecule has 1 aliphatic heterocycles. The number of carboxylic acid groups (broad SMARTS) is 1. The predicted octanol–water partition coefficient (Wildman–Crippen LogP) is 1.18. The van der Waals surface area contributed by atoms with Gasteiger partial charge in [0.1, 0.15) is 5.01 Å². The molecule has 3 N–H and O–H groups in total. The van der Waals surface area contributed by atoms with Gasteiger partial charge in [-0.1, -0.05) is 25.2 Å². The predicted molar refractivity (Wildman–Crippen MR) is 92.4 cm³/mol. The number of carboxylic acids is 1. The molecule has 0 aliphatic carbocycles. The van der Waals surface area contributed by atoms with Gasteiger partial charge in [-0.15, -0.1) is 10.2 Å². The molecule has 1 aliphatic rings. The van der Waals surface area contributed by atoms with Gasteiger partial charge in [-0.2, -0.15) is 0 Å². The molecule has 2 rings (SSSR count). The number of likely N-dealkylation sites (tertiary alicyclic amines) is 1. The molecule has 0 saturated carbocycles.